The van der Waals surface area contributed by atoms with Crippen LogP contribution in [-0.2, 0) is 9.47 Å². The number of aromatic nitrogens is 1. The molecule has 0 saturated carbocycles. The molecule has 0 aliphatic carbocycles. The minimum atomic E-state index is -0.615. The maximum Gasteiger partial charge on any atom is 0.254 e. The van der Waals surface area contributed by atoms with Gasteiger partial charge in [0, 0.05) is 42.1 Å². The molecule has 1 atom stereocenters. The Bertz CT molecular complexity index is 1480. The number of nitrogens with two attached hydrogens (primary N) is 1. The summed E-state index contributed by atoms with van der Waals surface area (Å²) in [6, 6.07) is 13.5. The van der Waals surface area contributed by atoms with Crippen molar-refractivity contribution in [3.8, 4) is 16.9 Å². The Labute approximate surface area is 206 Å². The van der Waals surface area contributed by atoms with Crippen molar-refractivity contribution in [3.05, 3.63) is 65.5 Å². The number of rotatable bonds is 6. The molecule has 0 radical (unpaired) electrons. The van der Waals surface area contributed by atoms with Crippen LogP contribution in [0.2, 0.25) is 0 Å². The van der Waals surface area contributed by atoms with Gasteiger partial charge >= 0.3 is 0 Å². The number of fused-ring (bicyclic) bond motifs is 3. The minimum Gasteiger partial charge on any atom is -0.494 e. The van der Waals surface area contributed by atoms with Crippen LogP contribution in [0.3, 0.4) is 0 Å². The molecule has 0 bridgehead atoms. The molecule has 1 aromatic heterocycles. The molecule has 186 valence electrons. The Morgan fingerprint density at radius 3 is 2.67 bits per heavy atom. The summed E-state index contributed by atoms with van der Waals surface area (Å²) < 4.78 is 30.2. The average molecular weight is 492 g/mol. The van der Waals surface area contributed by atoms with Crippen LogP contribution in [0, 0.1) is 5.82 Å². The maximum atomic E-state index is 14.4. The van der Waals surface area contributed by atoms with Crippen LogP contribution in [0.4, 0.5) is 4.39 Å². The highest BCUT2D eigenvalue weighted by molar-refractivity contribution is 6.17. The van der Waals surface area contributed by atoms with Crippen LogP contribution < -0.4 is 10.5 Å². The molecular formula is C27H26FN3O5. The Balaban J connectivity index is 1.56. The Morgan fingerprint density at radius 2 is 1.94 bits per heavy atom. The van der Waals surface area contributed by atoms with Crippen LogP contribution in [0.15, 0.2) is 48.5 Å². The summed E-state index contributed by atoms with van der Waals surface area (Å²) in [4.78, 5) is 30.5. The molecule has 2 amide bonds. The SMILES string of the molecule is COC[C@H]1CN(C(=O)c2ccc3c(c2)[nH]c2c(C(N)=O)cc(-c4ccc(OC)c(F)c4)cc23)CCO1. The van der Waals surface area contributed by atoms with Gasteiger partial charge in [0.2, 0.25) is 0 Å². The van der Waals surface area contributed by atoms with Gasteiger partial charge in [-0.2, -0.15) is 0 Å². The number of carbonyl (C=O) groups is 2. The van der Waals surface area contributed by atoms with Gasteiger partial charge in [-0.05, 0) is 47.5 Å². The Morgan fingerprint density at radius 1 is 1.11 bits per heavy atom. The lowest BCUT2D eigenvalue weighted by atomic mass is 9.98. The number of amides is 2. The van der Waals surface area contributed by atoms with Crippen molar-refractivity contribution < 1.29 is 28.2 Å². The fraction of sp³-hybridized carbons (Fsp3) is 0.259. The topological polar surface area (TPSA) is 107 Å². The molecular weight excluding hydrogens is 465 g/mol. The molecule has 0 spiro atoms. The van der Waals surface area contributed by atoms with Crippen LogP contribution in [0.25, 0.3) is 32.9 Å². The largest absolute Gasteiger partial charge is 0.494 e. The maximum absolute atomic E-state index is 14.4. The fourth-order valence-electron chi connectivity index (χ4n) is 4.72. The van der Waals surface area contributed by atoms with E-state index in [-0.39, 0.29) is 23.3 Å². The molecule has 9 heteroatoms. The monoisotopic (exact) mass is 491 g/mol. The molecule has 0 unspecified atom stereocenters. The molecule has 1 aliphatic rings. The first kappa shape index (κ1) is 23.8. The summed E-state index contributed by atoms with van der Waals surface area (Å²) in [7, 11) is 3.00. The number of nitrogens with one attached hydrogen (secondary N) is 1. The summed E-state index contributed by atoms with van der Waals surface area (Å²) >= 11 is 0. The van der Waals surface area contributed by atoms with Gasteiger partial charge in [0.15, 0.2) is 11.6 Å². The number of halogens is 1. The predicted molar refractivity (Wildman–Crippen MR) is 134 cm³/mol. The van der Waals surface area contributed by atoms with Gasteiger partial charge in [-0.25, -0.2) is 4.39 Å². The number of hydrogen-bond donors (Lipinski definition) is 2. The van der Waals surface area contributed by atoms with E-state index in [1.165, 1.54) is 19.2 Å². The number of aromatic amines is 1. The lowest BCUT2D eigenvalue weighted by molar-refractivity contribution is -0.0531. The van der Waals surface area contributed by atoms with Crippen LogP contribution in [0.1, 0.15) is 20.7 Å². The molecule has 4 aromatic rings. The van der Waals surface area contributed by atoms with Crippen molar-refractivity contribution in [2.24, 2.45) is 5.73 Å². The lowest BCUT2D eigenvalue weighted by Gasteiger charge is -2.32. The molecule has 3 N–H and O–H groups in total. The third kappa shape index (κ3) is 4.27. The van der Waals surface area contributed by atoms with Crippen molar-refractivity contribution in [3.63, 3.8) is 0 Å². The van der Waals surface area contributed by atoms with E-state index in [0.717, 1.165) is 10.8 Å². The number of hydrogen-bond acceptors (Lipinski definition) is 5. The van der Waals surface area contributed by atoms with E-state index < -0.39 is 11.7 Å². The molecule has 3 aromatic carbocycles. The van der Waals surface area contributed by atoms with Gasteiger partial charge in [0.25, 0.3) is 11.8 Å². The third-order valence-corrected chi connectivity index (χ3v) is 6.48. The normalized spacial score (nSPS) is 16.0. The number of benzene rings is 3. The van der Waals surface area contributed by atoms with Gasteiger partial charge < -0.3 is 29.8 Å². The summed E-state index contributed by atoms with van der Waals surface area (Å²) in [5, 5.41) is 1.57. The molecule has 5 rings (SSSR count). The first-order chi connectivity index (χ1) is 17.4. The van der Waals surface area contributed by atoms with E-state index >= 15 is 0 Å². The second kappa shape index (κ2) is 9.60. The zero-order valence-electron chi connectivity index (χ0n) is 20.0. The Hall–Kier alpha value is -3.95. The lowest BCUT2D eigenvalue weighted by Crippen LogP contribution is -2.47. The number of ether oxygens (including phenoxy) is 3. The summed E-state index contributed by atoms with van der Waals surface area (Å²) in [6.45, 7) is 1.81. The smallest absolute Gasteiger partial charge is 0.254 e. The number of H-pyrrole nitrogens is 1. The second-order valence-corrected chi connectivity index (χ2v) is 8.74. The summed E-state index contributed by atoms with van der Waals surface area (Å²) in [6.07, 6.45) is -0.163. The van der Waals surface area contributed by atoms with Crippen molar-refractivity contribution >= 4 is 33.6 Å². The first-order valence-corrected chi connectivity index (χ1v) is 11.5. The fourth-order valence-corrected chi connectivity index (χ4v) is 4.72. The van der Waals surface area contributed by atoms with Gasteiger partial charge in [-0.1, -0.05) is 12.1 Å². The number of morpholine rings is 1. The number of carbonyl (C=O) groups excluding carboxylic acids is 2. The standard InChI is InChI=1S/C27H26FN3O5/c1-34-14-18-13-31(7-8-36-18)27(33)16-3-5-19-20-9-17(15-4-6-24(35-2)22(28)11-15)10-21(26(29)32)25(20)30-23(19)12-16/h3-6,9-12,18,30H,7-8,13-14H2,1-2H3,(H2,29,32)/t18-/m1/s1. The van der Waals surface area contributed by atoms with E-state index in [9.17, 15) is 14.0 Å². The molecule has 1 fully saturated rings. The summed E-state index contributed by atoms with van der Waals surface area (Å²) in [5.74, 6) is -1.10. The van der Waals surface area contributed by atoms with Gasteiger partial charge in [-0.3, -0.25) is 9.59 Å². The van der Waals surface area contributed by atoms with Crippen molar-refractivity contribution in [1.29, 1.82) is 0 Å². The van der Waals surface area contributed by atoms with Gasteiger partial charge in [-0.15, -0.1) is 0 Å². The highest BCUT2D eigenvalue weighted by Crippen LogP contribution is 2.34. The van der Waals surface area contributed by atoms with E-state index in [1.807, 2.05) is 12.1 Å². The average Bonchev–Trinajstić information content (AvgIpc) is 3.25. The van der Waals surface area contributed by atoms with Crippen LogP contribution >= 0.6 is 0 Å². The zero-order chi connectivity index (χ0) is 25.4. The number of nitrogens with zero attached hydrogens (tertiary/aromatic N) is 1. The van der Waals surface area contributed by atoms with Crippen LogP contribution in [-0.4, -0.2) is 68.3 Å². The number of methoxy groups -OCH3 is 2. The van der Waals surface area contributed by atoms with Gasteiger partial charge in [0.05, 0.1) is 37.5 Å². The molecule has 36 heavy (non-hydrogen) atoms. The zero-order valence-corrected chi connectivity index (χ0v) is 20.0. The second-order valence-electron chi connectivity index (χ2n) is 8.74. The van der Waals surface area contributed by atoms with Crippen LogP contribution in [0.5, 0.6) is 5.75 Å². The molecule has 2 heterocycles. The molecule has 1 saturated heterocycles. The predicted octanol–water partition coefficient (Wildman–Crippen LogP) is 3.72. The molecule has 8 nitrogen and oxygen atoms in total. The number of primary amides is 1. The van der Waals surface area contributed by atoms with E-state index in [1.54, 1.807) is 36.3 Å². The van der Waals surface area contributed by atoms with Crippen molar-refractivity contribution in [2.45, 2.75) is 6.10 Å². The van der Waals surface area contributed by atoms with Crippen molar-refractivity contribution in [1.82, 2.24) is 9.88 Å². The highest BCUT2D eigenvalue weighted by atomic mass is 19.1. The van der Waals surface area contributed by atoms with E-state index in [4.69, 9.17) is 19.9 Å². The minimum absolute atomic E-state index is 0.107. The third-order valence-electron chi connectivity index (χ3n) is 6.48. The quantitative estimate of drug-likeness (QED) is 0.428. The molecule has 1 aliphatic heterocycles. The van der Waals surface area contributed by atoms with E-state index in [0.29, 0.717) is 54.0 Å². The van der Waals surface area contributed by atoms with Crippen molar-refractivity contribution in [2.75, 3.05) is 40.5 Å². The summed E-state index contributed by atoms with van der Waals surface area (Å²) in [5.41, 5.74) is 8.97. The first-order valence-electron chi connectivity index (χ1n) is 11.5. The Kier molecular flexibility index (Phi) is 6.34. The highest BCUT2D eigenvalue weighted by Gasteiger charge is 2.25. The van der Waals surface area contributed by atoms with Gasteiger partial charge in [0.1, 0.15) is 0 Å². The van der Waals surface area contributed by atoms with E-state index in [2.05, 4.69) is 4.98 Å².